The van der Waals surface area contributed by atoms with Crippen molar-refractivity contribution in [1.82, 2.24) is 0 Å². The minimum atomic E-state index is -5.16. The molecule has 0 bridgehead atoms. The summed E-state index contributed by atoms with van der Waals surface area (Å²) in [7, 11) is -5.16. The van der Waals surface area contributed by atoms with Crippen molar-refractivity contribution in [3.63, 3.8) is 0 Å². The maximum atomic E-state index is 14.6. The molecule has 1 unspecified atom stereocenters. The van der Waals surface area contributed by atoms with Crippen molar-refractivity contribution in [2.24, 2.45) is 0 Å². The van der Waals surface area contributed by atoms with Gasteiger partial charge in [0, 0.05) is 0 Å². The molecule has 0 spiro atoms. The Hall–Kier alpha value is -2.75. The van der Waals surface area contributed by atoms with Crippen LogP contribution in [0.1, 0.15) is 18.1 Å². The molecule has 0 N–H and O–H groups in total. The maximum Gasteiger partial charge on any atom is 0.476 e. The number of halogens is 7. The zero-order valence-electron chi connectivity index (χ0n) is 15.5. The highest BCUT2D eigenvalue weighted by atomic mass is 31.2. The largest absolute Gasteiger partial charge is 0.476 e. The van der Waals surface area contributed by atoms with Crippen molar-refractivity contribution < 1.29 is 53.9 Å². The second kappa shape index (κ2) is 9.17. The summed E-state index contributed by atoms with van der Waals surface area (Å²) in [6.45, 7) is 1.02. The number of ether oxygens (including phenoxy) is 1. The van der Waals surface area contributed by atoms with E-state index >= 15 is 0 Å². The number of carbonyl (C=O) groups excluding carboxylic acids is 1. The van der Waals surface area contributed by atoms with Crippen molar-refractivity contribution in [3.05, 3.63) is 59.7 Å². The summed E-state index contributed by atoms with van der Waals surface area (Å²) in [5, 5.41) is 0. The van der Waals surface area contributed by atoms with Crippen LogP contribution in [0.15, 0.2) is 48.5 Å². The van der Waals surface area contributed by atoms with E-state index in [1.165, 1.54) is 6.92 Å². The normalized spacial score (nSPS) is 13.4. The fraction of sp³-hybridized carbons (Fsp3) is 0.278. The zero-order chi connectivity index (χ0) is 23.4. The van der Waals surface area contributed by atoms with Gasteiger partial charge in [-0.1, -0.05) is 0 Å². The van der Waals surface area contributed by atoms with Gasteiger partial charge in [-0.05, 0) is 55.5 Å². The predicted octanol–water partition coefficient (Wildman–Crippen LogP) is 6.23. The summed E-state index contributed by atoms with van der Waals surface area (Å²) in [5.41, 5.74) is -2.17. The lowest BCUT2D eigenvalue weighted by molar-refractivity contribution is -0.146. The molecule has 0 aliphatic heterocycles. The van der Waals surface area contributed by atoms with Gasteiger partial charge in [0.15, 0.2) is 0 Å². The maximum absolute atomic E-state index is 14.6. The number of esters is 1. The van der Waals surface area contributed by atoms with Gasteiger partial charge in [0.2, 0.25) is 0 Å². The lowest BCUT2D eigenvalue weighted by Gasteiger charge is -2.22. The van der Waals surface area contributed by atoms with Crippen LogP contribution in [0.2, 0.25) is 0 Å². The molecule has 5 nitrogen and oxygen atoms in total. The van der Waals surface area contributed by atoms with Gasteiger partial charge in [-0.3, -0.25) is 0 Å². The molecule has 13 heteroatoms. The number of alkyl halides is 7. The van der Waals surface area contributed by atoms with Crippen LogP contribution in [0.5, 0.6) is 11.5 Å². The fourth-order valence-electron chi connectivity index (χ4n) is 2.15. The van der Waals surface area contributed by atoms with Crippen LogP contribution in [0.25, 0.3) is 0 Å². The Balaban J connectivity index is 2.35. The second-order valence-electron chi connectivity index (χ2n) is 5.85. The molecule has 0 aliphatic carbocycles. The van der Waals surface area contributed by atoms with E-state index in [4.69, 9.17) is 9.05 Å². The molecular formula is C18H14F7O5P. The van der Waals surface area contributed by atoms with Crippen LogP contribution in [0.3, 0.4) is 0 Å². The van der Waals surface area contributed by atoms with Crippen LogP contribution in [-0.4, -0.2) is 18.5 Å². The molecule has 0 radical (unpaired) electrons. The third-order valence-corrected chi connectivity index (χ3v) is 5.28. The minimum Gasteiger partial charge on any atom is -0.463 e. The molecule has 0 aromatic heterocycles. The van der Waals surface area contributed by atoms with Crippen molar-refractivity contribution in [1.29, 1.82) is 0 Å². The number of benzene rings is 2. The Morgan fingerprint density at radius 1 is 0.839 bits per heavy atom. The Morgan fingerprint density at radius 3 is 1.48 bits per heavy atom. The van der Waals surface area contributed by atoms with Gasteiger partial charge in [-0.25, -0.2) is 13.8 Å². The molecular weight excluding hydrogens is 460 g/mol. The third-order valence-electron chi connectivity index (χ3n) is 3.59. The van der Waals surface area contributed by atoms with Gasteiger partial charge in [0.25, 0.3) is 0 Å². The Kier molecular flexibility index (Phi) is 7.25. The molecule has 0 heterocycles. The average molecular weight is 474 g/mol. The quantitative estimate of drug-likeness (QED) is 0.270. The van der Waals surface area contributed by atoms with Crippen LogP contribution >= 0.6 is 7.60 Å². The molecule has 1 atom stereocenters. The first-order valence-corrected chi connectivity index (χ1v) is 10.0. The molecule has 2 rings (SSSR count). The summed E-state index contributed by atoms with van der Waals surface area (Å²) in [6, 6.07) is 5.05. The summed E-state index contributed by atoms with van der Waals surface area (Å²) in [4.78, 5) is 11.7. The van der Waals surface area contributed by atoms with Crippen molar-refractivity contribution in [2.45, 2.75) is 25.2 Å². The molecule has 0 amide bonds. The summed E-state index contributed by atoms with van der Waals surface area (Å²) in [6.07, 6.45) is -9.38. The molecule has 0 saturated carbocycles. The van der Waals surface area contributed by atoms with E-state index in [1.54, 1.807) is 0 Å². The third kappa shape index (κ3) is 6.36. The monoisotopic (exact) mass is 474 g/mol. The van der Waals surface area contributed by atoms with E-state index in [2.05, 4.69) is 4.74 Å². The van der Waals surface area contributed by atoms with E-state index in [1.807, 2.05) is 0 Å². The standard InChI is InChI=1S/C18H14F7O5P/c1-2-28-16(26)15(19)31(27,29-13-7-3-11(4-8-13)17(20,21)22)30-14-9-5-12(6-10-14)18(23,24)25/h3-10,15H,2H2,1H3. The van der Waals surface area contributed by atoms with Gasteiger partial charge >= 0.3 is 31.8 Å². The molecule has 31 heavy (non-hydrogen) atoms. The SMILES string of the molecule is CCOC(=O)C(F)P(=O)(Oc1ccc(C(F)(F)F)cc1)Oc1ccc(C(F)(F)F)cc1. The number of carbonyl (C=O) groups is 1. The van der Waals surface area contributed by atoms with Gasteiger partial charge < -0.3 is 13.8 Å². The first-order valence-electron chi connectivity index (χ1n) is 8.40. The molecule has 2 aromatic carbocycles. The first kappa shape index (κ1) is 24.5. The molecule has 2 aromatic rings. The lowest BCUT2D eigenvalue weighted by atomic mass is 10.2. The summed E-state index contributed by atoms with van der Waals surface area (Å²) < 4.78 is 118. The minimum absolute atomic E-state index is 0.306. The lowest BCUT2D eigenvalue weighted by Crippen LogP contribution is -2.24. The van der Waals surface area contributed by atoms with Gasteiger partial charge in [-0.15, -0.1) is 0 Å². The Labute approximate surface area is 171 Å². The van der Waals surface area contributed by atoms with Gasteiger partial charge in [-0.2, -0.15) is 26.3 Å². The highest BCUT2D eigenvalue weighted by Crippen LogP contribution is 2.54. The topological polar surface area (TPSA) is 61.8 Å². The van der Waals surface area contributed by atoms with E-state index in [0.29, 0.717) is 48.5 Å². The second-order valence-corrected chi connectivity index (χ2v) is 7.75. The van der Waals surface area contributed by atoms with Crippen molar-refractivity contribution in [3.8, 4) is 11.5 Å². The highest BCUT2D eigenvalue weighted by Gasteiger charge is 2.47. The van der Waals surface area contributed by atoms with E-state index in [0.717, 1.165) is 0 Å². The summed E-state index contributed by atoms with van der Waals surface area (Å²) >= 11 is 0. The highest BCUT2D eigenvalue weighted by molar-refractivity contribution is 7.56. The van der Waals surface area contributed by atoms with Crippen molar-refractivity contribution in [2.75, 3.05) is 6.61 Å². The van der Waals surface area contributed by atoms with Crippen LogP contribution in [-0.2, 0) is 26.4 Å². The summed E-state index contributed by atoms with van der Waals surface area (Å²) in [5.74, 6) is -5.77. The first-order chi connectivity index (χ1) is 14.3. The fourth-order valence-corrected chi connectivity index (χ4v) is 3.54. The average Bonchev–Trinajstić information content (AvgIpc) is 2.67. The smallest absolute Gasteiger partial charge is 0.463 e. The van der Waals surface area contributed by atoms with Crippen LogP contribution in [0.4, 0.5) is 30.7 Å². The number of hydrogen-bond acceptors (Lipinski definition) is 5. The number of rotatable bonds is 7. The molecule has 0 saturated heterocycles. The predicted molar refractivity (Wildman–Crippen MR) is 93.3 cm³/mol. The van der Waals surface area contributed by atoms with E-state index < -0.39 is 54.5 Å². The van der Waals surface area contributed by atoms with Crippen LogP contribution in [0, 0.1) is 0 Å². The van der Waals surface area contributed by atoms with Crippen LogP contribution < -0.4 is 9.05 Å². The Bertz CT molecular complexity index is 876. The molecule has 170 valence electrons. The number of hydrogen-bond donors (Lipinski definition) is 0. The van der Waals surface area contributed by atoms with Crippen molar-refractivity contribution >= 4 is 13.6 Å². The molecule has 0 fully saturated rings. The van der Waals surface area contributed by atoms with E-state index in [9.17, 15) is 40.1 Å². The molecule has 0 aliphatic rings. The Morgan fingerprint density at radius 2 is 1.19 bits per heavy atom. The van der Waals surface area contributed by atoms with Gasteiger partial charge in [0.1, 0.15) is 11.5 Å². The zero-order valence-corrected chi connectivity index (χ0v) is 16.4. The van der Waals surface area contributed by atoms with Gasteiger partial charge in [0.05, 0.1) is 17.7 Å². The van der Waals surface area contributed by atoms with E-state index in [-0.39, 0.29) is 6.61 Å².